The number of benzene rings is 1. The fourth-order valence-electron chi connectivity index (χ4n) is 2.68. The molecule has 1 N–H and O–H groups in total. The Balaban J connectivity index is 0.00000242. The third-order valence-electron chi connectivity index (χ3n) is 4.19. The van der Waals surface area contributed by atoms with Crippen molar-refractivity contribution in [3.63, 3.8) is 0 Å². The molecular weight excluding hydrogens is 308 g/mol. The van der Waals surface area contributed by atoms with Gasteiger partial charge in [0.2, 0.25) is 5.60 Å². The molecule has 1 aliphatic rings. The zero-order valence-electron chi connectivity index (χ0n) is 13.4. The molecule has 1 aromatic rings. The van der Waals surface area contributed by atoms with Crippen molar-refractivity contribution in [2.24, 2.45) is 0 Å². The van der Waals surface area contributed by atoms with Crippen molar-refractivity contribution in [1.29, 1.82) is 0 Å². The second-order valence-corrected chi connectivity index (χ2v) is 5.74. The Morgan fingerprint density at radius 2 is 1.77 bits per heavy atom. The second-order valence-electron chi connectivity index (χ2n) is 5.74. The van der Waals surface area contributed by atoms with Crippen molar-refractivity contribution >= 4 is 24.3 Å². The molecule has 0 saturated heterocycles. The number of carbonyl (C=O) groups is 2. The van der Waals surface area contributed by atoms with Crippen molar-refractivity contribution < 1.29 is 24.2 Å². The second kappa shape index (κ2) is 6.16. The largest absolute Gasteiger partial charge is 0.478 e. The first-order valence-corrected chi connectivity index (χ1v) is 6.91. The maximum atomic E-state index is 11.4. The Kier molecular flexibility index (Phi) is 5.13. The summed E-state index contributed by atoms with van der Waals surface area (Å²) >= 11 is 0. The van der Waals surface area contributed by atoms with Gasteiger partial charge in [0.1, 0.15) is 11.5 Å². The van der Waals surface area contributed by atoms with Crippen LogP contribution in [0.4, 0.5) is 0 Å². The number of hydrogen-bond donors (Lipinski definition) is 1. The quantitative estimate of drug-likeness (QED) is 0.667. The first kappa shape index (κ1) is 18.3. The maximum Gasteiger partial charge on any atom is 0.347 e. The molecule has 0 aromatic heterocycles. The van der Waals surface area contributed by atoms with E-state index in [4.69, 9.17) is 9.47 Å². The number of esters is 1. The maximum absolute atomic E-state index is 11.4. The highest BCUT2D eigenvalue weighted by atomic mass is 35.5. The highest BCUT2D eigenvalue weighted by Crippen LogP contribution is 2.43. The van der Waals surface area contributed by atoms with Crippen LogP contribution in [0, 0.1) is 20.8 Å². The number of carboxylic acids is 1. The summed E-state index contributed by atoms with van der Waals surface area (Å²) in [6.07, 6.45) is 0.970. The summed E-state index contributed by atoms with van der Waals surface area (Å²) in [6.45, 7) is 8.52. The van der Waals surface area contributed by atoms with Gasteiger partial charge >= 0.3 is 11.9 Å². The van der Waals surface area contributed by atoms with Crippen LogP contribution < -0.4 is 9.47 Å². The Morgan fingerprint density at radius 1 is 1.18 bits per heavy atom. The standard InChI is InChI=1S/C16H20O5.ClH/c1-8-9(2)14-12(10(3)13(8)20-11(4)17)6-7-16(5,21-14)15(18)19;/h6-7H2,1-5H3,(H,18,19);1H. The molecule has 122 valence electrons. The number of aliphatic carboxylic acids is 1. The van der Waals surface area contributed by atoms with Crippen molar-refractivity contribution in [3.8, 4) is 11.5 Å². The van der Waals surface area contributed by atoms with E-state index in [2.05, 4.69) is 0 Å². The number of fused-ring (bicyclic) bond motifs is 1. The molecule has 22 heavy (non-hydrogen) atoms. The van der Waals surface area contributed by atoms with Crippen LogP contribution in [0.3, 0.4) is 0 Å². The van der Waals surface area contributed by atoms with Crippen LogP contribution in [0.25, 0.3) is 0 Å². The van der Waals surface area contributed by atoms with Crippen LogP contribution in [-0.2, 0) is 16.0 Å². The first-order valence-electron chi connectivity index (χ1n) is 6.91. The monoisotopic (exact) mass is 328 g/mol. The molecule has 1 atom stereocenters. The summed E-state index contributed by atoms with van der Waals surface area (Å²) in [5.74, 6) is -0.169. The van der Waals surface area contributed by atoms with E-state index >= 15 is 0 Å². The van der Waals surface area contributed by atoms with Gasteiger partial charge in [0.15, 0.2) is 0 Å². The van der Waals surface area contributed by atoms with Crippen LogP contribution in [-0.4, -0.2) is 22.6 Å². The van der Waals surface area contributed by atoms with Gasteiger partial charge in [0.05, 0.1) is 0 Å². The van der Waals surface area contributed by atoms with Crippen LogP contribution >= 0.6 is 12.4 Å². The molecule has 0 aliphatic carbocycles. The Bertz CT molecular complexity index is 638. The van der Waals surface area contributed by atoms with Crippen molar-refractivity contribution in [2.75, 3.05) is 0 Å². The third kappa shape index (κ3) is 2.90. The topological polar surface area (TPSA) is 72.8 Å². The molecule has 1 unspecified atom stereocenters. The fourth-order valence-corrected chi connectivity index (χ4v) is 2.68. The van der Waals surface area contributed by atoms with Gasteiger partial charge in [-0.1, -0.05) is 0 Å². The van der Waals surface area contributed by atoms with Gasteiger partial charge in [-0.25, -0.2) is 4.79 Å². The smallest absolute Gasteiger partial charge is 0.347 e. The Morgan fingerprint density at radius 3 is 2.27 bits per heavy atom. The minimum absolute atomic E-state index is 0. The van der Waals surface area contributed by atoms with Gasteiger partial charge in [-0.3, -0.25) is 4.79 Å². The Hall–Kier alpha value is -1.75. The molecular formula is C16H21ClO5. The minimum atomic E-state index is -1.21. The average molecular weight is 329 g/mol. The highest BCUT2D eigenvalue weighted by Gasteiger charge is 2.41. The molecule has 1 heterocycles. The van der Waals surface area contributed by atoms with E-state index in [0.717, 1.165) is 22.3 Å². The van der Waals surface area contributed by atoms with Gasteiger partial charge in [0, 0.05) is 18.9 Å². The zero-order valence-corrected chi connectivity index (χ0v) is 14.2. The number of hydrogen-bond acceptors (Lipinski definition) is 4. The summed E-state index contributed by atoms with van der Waals surface area (Å²) in [7, 11) is 0. The summed E-state index contributed by atoms with van der Waals surface area (Å²) in [4.78, 5) is 22.6. The number of carbonyl (C=O) groups excluding carboxylic acids is 1. The lowest BCUT2D eigenvalue weighted by atomic mass is 9.87. The van der Waals surface area contributed by atoms with E-state index in [0.29, 0.717) is 24.3 Å². The molecule has 1 aliphatic heterocycles. The van der Waals surface area contributed by atoms with Crippen LogP contribution in [0.1, 0.15) is 42.5 Å². The molecule has 0 fully saturated rings. The van der Waals surface area contributed by atoms with Crippen molar-refractivity contribution in [2.45, 2.75) is 53.1 Å². The van der Waals surface area contributed by atoms with E-state index in [9.17, 15) is 14.7 Å². The van der Waals surface area contributed by atoms with Crippen molar-refractivity contribution in [3.05, 3.63) is 22.3 Å². The highest BCUT2D eigenvalue weighted by molar-refractivity contribution is 5.85. The lowest BCUT2D eigenvalue weighted by Crippen LogP contribution is -2.44. The summed E-state index contributed by atoms with van der Waals surface area (Å²) in [5.41, 5.74) is 2.18. The normalized spacial score (nSPS) is 19.5. The van der Waals surface area contributed by atoms with Crippen LogP contribution in [0.5, 0.6) is 11.5 Å². The van der Waals surface area contributed by atoms with E-state index in [-0.39, 0.29) is 18.4 Å². The van der Waals surface area contributed by atoms with Crippen LogP contribution in [0.15, 0.2) is 0 Å². The van der Waals surface area contributed by atoms with Crippen LogP contribution in [0.2, 0.25) is 0 Å². The van der Waals surface area contributed by atoms with Gasteiger partial charge in [-0.15, -0.1) is 12.4 Å². The first-order chi connectivity index (χ1) is 9.67. The molecule has 0 spiro atoms. The fraction of sp³-hybridized carbons (Fsp3) is 0.500. The SMILES string of the molecule is CC(=O)Oc1c(C)c(C)c2c(c1C)CCC(C)(C(=O)O)O2.Cl. The minimum Gasteiger partial charge on any atom is -0.478 e. The summed E-state index contributed by atoms with van der Waals surface area (Å²) < 4.78 is 11.1. The van der Waals surface area contributed by atoms with Crippen molar-refractivity contribution in [1.82, 2.24) is 0 Å². The van der Waals surface area contributed by atoms with Gasteiger partial charge in [-0.2, -0.15) is 0 Å². The summed E-state index contributed by atoms with van der Waals surface area (Å²) in [6, 6.07) is 0. The lowest BCUT2D eigenvalue weighted by Gasteiger charge is -2.35. The Labute approximate surface area is 136 Å². The van der Waals surface area contributed by atoms with Gasteiger partial charge in [0.25, 0.3) is 0 Å². The van der Waals surface area contributed by atoms with E-state index in [1.54, 1.807) is 6.92 Å². The predicted molar refractivity (Wildman–Crippen MR) is 84.2 cm³/mol. The zero-order chi connectivity index (χ0) is 15.9. The summed E-state index contributed by atoms with van der Waals surface area (Å²) in [5, 5.41) is 9.33. The number of carboxylic acid groups (broad SMARTS) is 1. The van der Waals surface area contributed by atoms with Gasteiger partial charge < -0.3 is 14.6 Å². The molecule has 5 nitrogen and oxygen atoms in total. The average Bonchev–Trinajstić information content (AvgIpc) is 2.40. The molecule has 0 amide bonds. The number of ether oxygens (including phenoxy) is 2. The van der Waals surface area contributed by atoms with Gasteiger partial charge in [-0.05, 0) is 50.8 Å². The van der Waals surface area contributed by atoms with E-state index in [1.807, 2.05) is 20.8 Å². The molecule has 0 saturated carbocycles. The molecule has 2 rings (SSSR count). The number of rotatable bonds is 2. The molecule has 1 aromatic carbocycles. The predicted octanol–water partition coefficient (Wildman–Crippen LogP) is 3.13. The number of halogens is 1. The molecule has 6 heteroatoms. The van der Waals surface area contributed by atoms with E-state index < -0.39 is 11.6 Å². The molecule has 0 bridgehead atoms. The molecule has 0 radical (unpaired) electrons. The lowest BCUT2D eigenvalue weighted by molar-refractivity contribution is -0.155. The van der Waals surface area contributed by atoms with E-state index in [1.165, 1.54) is 6.92 Å². The third-order valence-corrected chi connectivity index (χ3v) is 4.19.